The van der Waals surface area contributed by atoms with Crippen molar-refractivity contribution >= 4 is 0 Å². The molecule has 4 nitrogen and oxygen atoms in total. The minimum absolute atomic E-state index is 0.455. The van der Waals surface area contributed by atoms with E-state index < -0.39 is 0 Å². The van der Waals surface area contributed by atoms with Gasteiger partial charge >= 0.3 is 0 Å². The lowest BCUT2D eigenvalue weighted by atomic mass is 9.95. The lowest BCUT2D eigenvalue weighted by Crippen LogP contribution is -2.67. The normalized spacial score (nSPS) is 32.4. The van der Waals surface area contributed by atoms with Crippen LogP contribution in [0.1, 0.15) is 32.1 Å². The van der Waals surface area contributed by atoms with Crippen molar-refractivity contribution in [1.82, 2.24) is 15.2 Å². The summed E-state index contributed by atoms with van der Waals surface area (Å²) in [4.78, 5) is 5.20. The van der Waals surface area contributed by atoms with Gasteiger partial charge in [0.2, 0.25) is 0 Å². The fourth-order valence-electron chi connectivity index (χ4n) is 3.26. The molecule has 0 aliphatic carbocycles. The highest BCUT2D eigenvalue weighted by molar-refractivity contribution is 4.94. The van der Waals surface area contributed by atoms with E-state index in [1.807, 2.05) is 6.08 Å². The van der Waals surface area contributed by atoms with Crippen LogP contribution in [0.15, 0.2) is 12.7 Å². The van der Waals surface area contributed by atoms with Crippen LogP contribution in [0, 0.1) is 0 Å². The number of hydrogen-bond acceptors (Lipinski definition) is 4. The van der Waals surface area contributed by atoms with Gasteiger partial charge in [-0.3, -0.25) is 21.1 Å². The maximum atomic E-state index is 5.76. The zero-order chi connectivity index (χ0) is 12.8. The number of nitrogens with zero attached hydrogens (tertiary/aromatic N) is 2. The largest absolute Gasteiger partial charge is 0.299 e. The molecule has 3 saturated heterocycles. The van der Waals surface area contributed by atoms with Gasteiger partial charge in [-0.15, -0.1) is 6.58 Å². The molecular weight excluding hydrogens is 224 g/mol. The molecule has 2 bridgehead atoms. The highest BCUT2D eigenvalue weighted by Gasteiger charge is 2.35. The number of allylic oxidation sites excluding steroid dienone is 1. The number of nitrogens with two attached hydrogens (primary N) is 1. The van der Waals surface area contributed by atoms with Gasteiger partial charge < -0.3 is 0 Å². The maximum Gasteiger partial charge on any atom is 0.0391 e. The fourth-order valence-corrected chi connectivity index (χ4v) is 3.26. The highest BCUT2D eigenvalue weighted by atomic mass is 15.4. The summed E-state index contributed by atoms with van der Waals surface area (Å²) in [6.45, 7) is 9.89. The summed E-state index contributed by atoms with van der Waals surface area (Å²) in [7, 11) is 0. The summed E-state index contributed by atoms with van der Waals surface area (Å²) in [5.41, 5.74) is 3.06. The van der Waals surface area contributed by atoms with E-state index in [4.69, 9.17) is 5.84 Å². The molecule has 4 heteroatoms. The Bertz CT molecular complexity index is 248. The Morgan fingerprint density at radius 3 is 2.56 bits per heavy atom. The summed E-state index contributed by atoms with van der Waals surface area (Å²) < 4.78 is 0. The number of hydrazine groups is 1. The lowest BCUT2D eigenvalue weighted by Gasteiger charge is -2.50. The van der Waals surface area contributed by atoms with Crippen LogP contribution in [0.25, 0.3) is 0 Å². The van der Waals surface area contributed by atoms with Crippen LogP contribution in [-0.2, 0) is 0 Å². The maximum absolute atomic E-state index is 5.76. The summed E-state index contributed by atoms with van der Waals surface area (Å²) >= 11 is 0. The van der Waals surface area contributed by atoms with Crippen molar-refractivity contribution in [2.45, 2.75) is 44.2 Å². The zero-order valence-electron chi connectivity index (χ0n) is 11.5. The molecule has 104 valence electrons. The number of piperazine rings is 3. The number of rotatable bonds is 8. The van der Waals surface area contributed by atoms with E-state index in [0.717, 1.165) is 6.42 Å². The second kappa shape index (κ2) is 7.24. The van der Waals surface area contributed by atoms with Crippen molar-refractivity contribution < 1.29 is 0 Å². The van der Waals surface area contributed by atoms with Gasteiger partial charge in [-0.2, -0.15) is 0 Å². The van der Waals surface area contributed by atoms with Gasteiger partial charge in [-0.05, 0) is 19.3 Å². The number of nitrogens with one attached hydrogen (secondary N) is 1. The molecule has 0 saturated carbocycles. The van der Waals surface area contributed by atoms with Gasteiger partial charge in [0.05, 0.1) is 0 Å². The van der Waals surface area contributed by atoms with Crippen molar-refractivity contribution in [2.24, 2.45) is 5.84 Å². The van der Waals surface area contributed by atoms with E-state index in [1.165, 1.54) is 58.4 Å². The summed E-state index contributed by atoms with van der Waals surface area (Å²) in [6.07, 6.45) is 8.18. The first-order valence-corrected chi connectivity index (χ1v) is 7.38. The monoisotopic (exact) mass is 252 g/mol. The fraction of sp³-hybridized carbons (Fsp3) is 0.857. The predicted molar refractivity (Wildman–Crippen MR) is 76.2 cm³/mol. The van der Waals surface area contributed by atoms with Crippen molar-refractivity contribution in [3.05, 3.63) is 12.7 Å². The third-order valence-corrected chi connectivity index (χ3v) is 4.42. The molecule has 3 N–H and O–H groups in total. The molecular formula is C14H28N4. The average Bonchev–Trinajstić information content (AvgIpc) is 2.44. The van der Waals surface area contributed by atoms with Crippen molar-refractivity contribution in [3.63, 3.8) is 0 Å². The molecule has 0 spiro atoms. The minimum Gasteiger partial charge on any atom is -0.299 e. The Labute approximate surface area is 111 Å². The first-order valence-electron chi connectivity index (χ1n) is 7.38. The van der Waals surface area contributed by atoms with E-state index in [0.29, 0.717) is 12.1 Å². The Kier molecular flexibility index (Phi) is 5.63. The molecule has 2 atom stereocenters. The lowest BCUT2D eigenvalue weighted by molar-refractivity contribution is -0.00483. The Morgan fingerprint density at radius 2 is 2.00 bits per heavy atom. The van der Waals surface area contributed by atoms with E-state index in [2.05, 4.69) is 21.8 Å². The van der Waals surface area contributed by atoms with Gasteiger partial charge in [0.15, 0.2) is 0 Å². The number of unbranched alkanes of at least 4 members (excludes halogenated alkanes) is 3. The summed E-state index contributed by atoms with van der Waals surface area (Å²) in [5.74, 6) is 5.76. The van der Waals surface area contributed by atoms with Crippen LogP contribution in [0.5, 0.6) is 0 Å². The topological polar surface area (TPSA) is 44.5 Å². The van der Waals surface area contributed by atoms with Gasteiger partial charge in [0.1, 0.15) is 0 Å². The third-order valence-electron chi connectivity index (χ3n) is 4.42. The molecule has 3 aliphatic heterocycles. The number of hydrogen-bond donors (Lipinski definition) is 2. The second-order valence-electron chi connectivity index (χ2n) is 5.60. The molecule has 3 fully saturated rings. The number of fused-ring (bicyclic) bond motifs is 3. The highest BCUT2D eigenvalue weighted by Crippen LogP contribution is 2.20. The molecule has 0 aromatic carbocycles. The van der Waals surface area contributed by atoms with Crippen molar-refractivity contribution in [1.29, 1.82) is 0 Å². The Balaban J connectivity index is 1.72. The molecule has 0 amide bonds. The zero-order valence-corrected chi connectivity index (χ0v) is 11.5. The predicted octanol–water partition coefficient (Wildman–Crippen LogP) is 0.955. The van der Waals surface area contributed by atoms with E-state index in [1.54, 1.807) is 0 Å². The molecule has 3 heterocycles. The van der Waals surface area contributed by atoms with Crippen LogP contribution >= 0.6 is 0 Å². The van der Waals surface area contributed by atoms with Gasteiger partial charge in [0, 0.05) is 44.8 Å². The quantitative estimate of drug-likeness (QED) is 0.292. The first-order chi connectivity index (χ1) is 8.85. The van der Waals surface area contributed by atoms with Crippen LogP contribution in [-0.4, -0.2) is 54.6 Å². The SMILES string of the molecule is C=CCCCCCC(NN)C1CN2CCN1CC2. The van der Waals surface area contributed by atoms with E-state index in [9.17, 15) is 0 Å². The molecule has 3 aliphatic rings. The van der Waals surface area contributed by atoms with Crippen molar-refractivity contribution in [2.75, 3.05) is 32.7 Å². The second-order valence-corrected chi connectivity index (χ2v) is 5.60. The smallest absolute Gasteiger partial charge is 0.0391 e. The van der Waals surface area contributed by atoms with Crippen molar-refractivity contribution in [3.8, 4) is 0 Å². The first kappa shape index (κ1) is 14.0. The molecule has 2 unspecified atom stereocenters. The molecule has 3 rings (SSSR count). The van der Waals surface area contributed by atoms with Crippen LogP contribution < -0.4 is 11.3 Å². The van der Waals surface area contributed by atoms with Gasteiger partial charge in [0.25, 0.3) is 0 Å². The third kappa shape index (κ3) is 3.54. The Hall–Kier alpha value is -0.420. The van der Waals surface area contributed by atoms with Gasteiger partial charge in [-0.1, -0.05) is 18.9 Å². The molecule has 0 radical (unpaired) electrons. The Morgan fingerprint density at radius 1 is 1.22 bits per heavy atom. The minimum atomic E-state index is 0.455. The molecule has 0 aromatic heterocycles. The average molecular weight is 252 g/mol. The molecule has 0 aromatic rings. The van der Waals surface area contributed by atoms with Gasteiger partial charge in [-0.25, -0.2) is 0 Å². The molecule has 18 heavy (non-hydrogen) atoms. The van der Waals surface area contributed by atoms with Crippen LogP contribution in [0.2, 0.25) is 0 Å². The summed E-state index contributed by atoms with van der Waals surface area (Å²) in [5, 5.41) is 0. The van der Waals surface area contributed by atoms with E-state index in [-0.39, 0.29) is 0 Å². The standard InChI is InChI=1S/C14H28N4/c1-2-3-4-5-6-7-13(16-15)14-12-17-8-10-18(14)11-9-17/h2,13-14,16H,1,3-12,15H2. The summed E-state index contributed by atoms with van der Waals surface area (Å²) in [6, 6.07) is 1.08. The van der Waals surface area contributed by atoms with Crippen LogP contribution in [0.4, 0.5) is 0 Å². The van der Waals surface area contributed by atoms with Crippen LogP contribution in [0.3, 0.4) is 0 Å². The van der Waals surface area contributed by atoms with E-state index >= 15 is 0 Å².